The van der Waals surface area contributed by atoms with E-state index >= 15 is 0 Å². The summed E-state index contributed by atoms with van der Waals surface area (Å²) in [5, 5.41) is 13.0. The second kappa shape index (κ2) is 12.8. The van der Waals surface area contributed by atoms with Gasteiger partial charge in [0.15, 0.2) is 11.5 Å². The van der Waals surface area contributed by atoms with Crippen molar-refractivity contribution in [2.24, 2.45) is 0 Å². The zero-order chi connectivity index (χ0) is 27.9. The summed E-state index contributed by atoms with van der Waals surface area (Å²) in [6, 6.07) is 28.3. The van der Waals surface area contributed by atoms with Crippen molar-refractivity contribution in [2.45, 2.75) is 12.0 Å². The van der Waals surface area contributed by atoms with Gasteiger partial charge in [0.25, 0.3) is 5.91 Å². The number of ether oxygens (including phenoxy) is 3. The van der Waals surface area contributed by atoms with E-state index in [1.807, 2.05) is 78.9 Å². The monoisotopic (exact) mass is 558 g/mol. The Morgan fingerprint density at radius 1 is 0.875 bits per heavy atom. The van der Waals surface area contributed by atoms with Crippen molar-refractivity contribution in [3.8, 4) is 17.2 Å². The second-order valence-electron chi connectivity index (χ2n) is 9.40. The highest BCUT2D eigenvalue weighted by atomic mass is 35.5. The molecule has 8 heteroatoms. The van der Waals surface area contributed by atoms with Crippen molar-refractivity contribution in [2.75, 3.05) is 33.4 Å². The van der Waals surface area contributed by atoms with Crippen LogP contribution < -0.4 is 14.2 Å². The number of H-pyrrole nitrogens is 1. The molecule has 1 atom stereocenters. The Bertz CT molecular complexity index is 1580. The van der Waals surface area contributed by atoms with Gasteiger partial charge in [0, 0.05) is 27.7 Å². The summed E-state index contributed by atoms with van der Waals surface area (Å²) in [5.74, 6) is 2.01. The topological polar surface area (TPSA) is 84.0 Å². The molecule has 0 spiro atoms. The molecule has 0 radical (unpaired) electrons. The van der Waals surface area contributed by atoms with Crippen LogP contribution in [0.25, 0.3) is 21.8 Å². The van der Waals surface area contributed by atoms with E-state index in [-0.39, 0.29) is 32.2 Å². The zero-order valence-electron chi connectivity index (χ0n) is 22.2. The molecule has 0 aliphatic heterocycles. The summed E-state index contributed by atoms with van der Waals surface area (Å²) in [6.07, 6.45) is -0.933. The van der Waals surface area contributed by atoms with E-state index in [1.54, 1.807) is 24.1 Å². The Hall–Kier alpha value is -4.20. The molecule has 4 aromatic carbocycles. The lowest BCUT2D eigenvalue weighted by molar-refractivity contribution is 0.0470. The Morgan fingerprint density at radius 3 is 2.35 bits per heavy atom. The summed E-state index contributed by atoms with van der Waals surface area (Å²) in [6.45, 7) is 0.549. The summed E-state index contributed by atoms with van der Waals surface area (Å²) >= 11 is 5.92. The Kier molecular flexibility index (Phi) is 8.74. The fourth-order valence-corrected chi connectivity index (χ4v) is 4.86. The standard InChI is InChI=1S/C32H31ClN2O5/c1-38-28-10-4-5-11-29(28)39-18-17-35(32(37)23-15-13-22(19-33)14-16-23)20-24(36)21-40-30-12-6-9-27-31(30)25-7-2-3-8-26(25)34-27/h2-16,24,34,36H,17-21H2,1H3. The highest BCUT2D eigenvalue weighted by molar-refractivity contribution is 6.17. The number of carbonyl (C=O) groups is 1. The Balaban J connectivity index is 1.29. The molecule has 206 valence electrons. The molecule has 0 bridgehead atoms. The third-order valence-electron chi connectivity index (χ3n) is 6.68. The van der Waals surface area contributed by atoms with E-state index in [9.17, 15) is 9.90 Å². The number of aromatic amines is 1. The Morgan fingerprint density at radius 2 is 1.57 bits per heavy atom. The number of aliphatic hydroxyl groups is 1. The third-order valence-corrected chi connectivity index (χ3v) is 6.99. The average molecular weight is 559 g/mol. The number of nitrogens with one attached hydrogen (secondary N) is 1. The molecule has 0 aliphatic rings. The largest absolute Gasteiger partial charge is 0.493 e. The minimum Gasteiger partial charge on any atom is -0.493 e. The lowest BCUT2D eigenvalue weighted by atomic mass is 10.1. The van der Waals surface area contributed by atoms with E-state index in [4.69, 9.17) is 25.8 Å². The summed E-state index contributed by atoms with van der Waals surface area (Å²) in [5.41, 5.74) is 3.40. The van der Waals surface area contributed by atoms with Crippen LogP contribution in [0.4, 0.5) is 0 Å². The van der Waals surface area contributed by atoms with Gasteiger partial charge in [-0.3, -0.25) is 4.79 Å². The predicted octanol–water partition coefficient (Wildman–Crippen LogP) is 6.03. The van der Waals surface area contributed by atoms with Crippen LogP contribution in [0, 0.1) is 0 Å². The van der Waals surface area contributed by atoms with Crippen molar-refractivity contribution in [3.05, 3.63) is 102 Å². The van der Waals surface area contributed by atoms with E-state index in [0.717, 1.165) is 27.4 Å². The summed E-state index contributed by atoms with van der Waals surface area (Å²) in [7, 11) is 1.58. The molecule has 5 rings (SSSR count). The van der Waals surface area contributed by atoms with Gasteiger partial charge in [0.1, 0.15) is 25.1 Å². The Labute approximate surface area is 237 Å². The summed E-state index contributed by atoms with van der Waals surface area (Å²) < 4.78 is 17.4. The number of alkyl halides is 1. The molecule has 1 heterocycles. The molecule has 7 nitrogen and oxygen atoms in total. The molecule has 5 aromatic rings. The van der Waals surface area contributed by atoms with Crippen LogP contribution in [0.3, 0.4) is 0 Å². The van der Waals surface area contributed by atoms with Gasteiger partial charge in [-0.05, 0) is 48.0 Å². The van der Waals surface area contributed by atoms with Crippen LogP contribution in [0.5, 0.6) is 17.2 Å². The van der Waals surface area contributed by atoms with Gasteiger partial charge in [-0.15, -0.1) is 11.6 Å². The molecule has 2 N–H and O–H groups in total. The van der Waals surface area contributed by atoms with Gasteiger partial charge in [0.2, 0.25) is 0 Å². The molecule has 0 saturated carbocycles. The smallest absolute Gasteiger partial charge is 0.254 e. The first-order chi connectivity index (χ1) is 19.6. The minimum atomic E-state index is -0.933. The number of hydrogen-bond acceptors (Lipinski definition) is 5. The maximum Gasteiger partial charge on any atom is 0.254 e. The number of para-hydroxylation sites is 3. The van der Waals surface area contributed by atoms with Crippen molar-refractivity contribution in [1.29, 1.82) is 0 Å². The molecular formula is C32H31ClN2O5. The number of methoxy groups -OCH3 is 1. The number of halogens is 1. The van der Waals surface area contributed by atoms with Gasteiger partial charge in [-0.1, -0.05) is 48.5 Å². The number of aliphatic hydroxyl groups excluding tert-OH is 1. The number of nitrogens with zero attached hydrogens (tertiary/aromatic N) is 1. The zero-order valence-corrected chi connectivity index (χ0v) is 22.9. The minimum absolute atomic E-state index is 0.0148. The first-order valence-electron chi connectivity index (χ1n) is 13.1. The van der Waals surface area contributed by atoms with Gasteiger partial charge in [-0.25, -0.2) is 0 Å². The highest BCUT2D eigenvalue weighted by Gasteiger charge is 2.21. The van der Waals surface area contributed by atoms with Crippen molar-refractivity contribution < 1.29 is 24.1 Å². The molecule has 0 aliphatic carbocycles. The number of amides is 1. The fourth-order valence-electron chi connectivity index (χ4n) is 4.68. The van der Waals surface area contributed by atoms with E-state index in [1.165, 1.54) is 0 Å². The number of carbonyl (C=O) groups excluding carboxylic acids is 1. The first-order valence-corrected chi connectivity index (χ1v) is 13.6. The fraction of sp³-hybridized carbons (Fsp3) is 0.219. The maximum atomic E-state index is 13.5. The molecule has 40 heavy (non-hydrogen) atoms. The number of rotatable bonds is 12. The van der Waals surface area contributed by atoms with Crippen molar-refractivity contribution in [1.82, 2.24) is 9.88 Å². The number of hydrogen-bond donors (Lipinski definition) is 2. The lowest BCUT2D eigenvalue weighted by Crippen LogP contribution is -2.42. The lowest BCUT2D eigenvalue weighted by Gasteiger charge is -2.26. The van der Waals surface area contributed by atoms with Gasteiger partial charge >= 0.3 is 0 Å². The first kappa shape index (κ1) is 27.4. The quantitative estimate of drug-likeness (QED) is 0.183. The number of benzene rings is 4. The van der Waals surface area contributed by atoms with Crippen LogP contribution in [0.1, 0.15) is 15.9 Å². The van der Waals surface area contributed by atoms with Crippen LogP contribution >= 0.6 is 11.6 Å². The average Bonchev–Trinajstić information content (AvgIpc) is 3.39. The molecular weight excluding hydrogens is 528 g/mol. The summed E-state index contributed by atoms with van der Waals surface area (Å²) in [4.78, 5) is 18.4. The van der Waals surface area contributed by atoms with E-state index in [0.29, 0.717) is 28.7 Å². The SMILES string of the molecule is COc1ccccc1OCCN(CC(O)COc1cccc2[nH]c3ccccc3c12)C(=O)c1ccc(CCl)cc1. The molecule has 0 fully saturated rings. The molecule has 0 saturated heterocycles. The number of aromatic nitrogens is 1. The van der Waals surface area contributed by atoms with Crippen LogP contribution in [0.2, 0.25) is 0 Å². The van der Waals surface area contributed by atoms with Crippen LogP contribution in [-0.2, 0) is 5.88 Å². The number of fused-ring (bicyclic) bond motifs is 3. The maximum absolute atomic E-state index is 13.5. The van der Waals surface area contributed by atoms with Crippen molar-refractivity contribution in [3.63, 3.8) is 0 Å². The molecule has 1 unspecified atom stereocenters. The van der Waals surface area contributed by atoms with Gasteiger partial charge in [-0.2, -0.15) is 0 Å². The highest BCUT2D eigenvalue weighted by Crippen LogP contribution is 2.33. The third kappa shape index (κ3) is 6.17. The van der Waals surface area contributed by atoms with Crippen molar-refractivity contribution >= 4 is 39.3 Å². The predicted molar refractivity (Wildman–Crippen MR) is 158 cm³/mol. The molecule has 1 aromatic heterocycles. The van der Waals surface area contributed by atoms with Gasteiger partial charge < -0.3 is 29.2 Å². The second-order valence-corrected chi connectivity index (χ2v) is 9.66. The van der Waals surface area contributed by atoms with E-state index < -0.39 is 6.10 Å². The van der Waals surface area contributed by atoms with E-state index in [2.05, 4.69) is 4.98 Å². The van der Waals surface area contributed by atoms with Crippen LogP contribution in [-0.4, -0.2) is 60.4 Å². The van der Waals surface area contributed by atoms with Crippen LogP contribution in [0.15, 0.2) is 91.0 Å². The van der Waals surface area contributed by atoms with Gasteiger partial charge in [0.05, 0.1) is 25.7 Å². The normalized spacial score (nSPS) is 11.9. The molecule has 1 amide bonds.